The third kappa shape index (κ3) is 6.16. The minimum atomic E-state index is -3.20. The molecule has 0 aliphatic rings. The van der Waals surface area contributed by atoms with Crippen molar-refractivity contribution >= 4 is 9.84 Å². The first-order chi connectivity index (χ1) is 10.0. The number of sulfone groups is 1. The van der Waals surface area contributed by atoms with E-state index in [1.54, 1.807) is 18.3 Å². The average molecular weight is 311 g/mol. The molecule has 1 heterocycles. The van der Waals surface area contributed by atoms with E-state index in [0.717, 1.165) is 31.4 Å². The van der Waals surface area contributed by atoms with Crippen molar-refractivity contribution in [3.05, 3.63) is 24.0 Å². The minimum absolute atomic E-state index is 0.272. The second-order valence-corrected chi connectivity index (χ2v) is 7.83. The normalized spacial score (nSPS) is 12.0. The number of hydrogen-bond donors (Lipinski definition) is 0. The molecule has 0 aromatic carbocycles. The molecule has 1 aromatic heterocycles. The van der Waals surface area contributed by atoms with Crippen molar-refractivity contribution in [3.63, 3.8) is 0 Å². The Labute approximate surface area is 130 Å². The van der Waals surface area contributed by atoms with Crippen molar-refractivity contribution < 1.29 is 8.42 Å². The molecule has 1 aromatic rings. The van der Waals surface area contributed by atoms with E-state index >= 15 is 0 Å². The van der Waals surface area contributed by atoms with Gasteiger partial charge in [-0.05, 0) is 25.0 Å². The topological polar surface area (TPSA) is 47.0 Å². The first kappa shape index (κ1) is 18.1. The van der Waals surface area contributed by atoms with Gasteiger partial charge >= 0.3 is 0 Å². The van der Waals surface area contributed by atoms with Gasteiger partial charge in [0.25, 0.3) is 0 Å². The van der Waals surface area contributed by atoms with Crippen LogP contribution >= 0.6 is 0 Å². The van der Waals surface area contributed by atoms with Crippen LogP contribution in [0.2, 0.25) is 0 Å². The fraction of sp³-hybridized carbons (Fsp3) is 0.706. The van der Waals surface area contributed by atoms with Gasteiger partial charge in [0, 0.05) is 18.4 Å². The smallest absolute Gasteiger partial charge is 0.177 e. The van der Waals surface area contributed by atoms with Crippen molar-refractivity contribution in [2.24, 2.45) is 0 Å². The summed E-state index contributed by atoms with van der Waals surface area (Å²) in [6.07, 6.45) is 12.1. The van der Waals surface area contributed by atoms with Crippen LogP contribution in [0.4, 0.5) is 0 Å². The Balaban J connectivity index is 2.95. The summed E-state index contributed by atoms with van der Waals surface area (Å²) < 4.78 is 24.0. The number of nitrogens with zero attached hydrogens (tertiary/aromatic N) is 1. The maximum absolute atomic E-state index is 12.0. The molecule has 0 saturated carbocycles. The summed E-state index contributed by atoms with van der Waals surface area (Å²) in [6.45, 7) is 4.38. The van der Waals surface area contributed by atoms with Crippen LogP contribution in [-0.4, -0.2) is 19.7 Å². The van der Waals surface area contributed by atoms with E-state index < -0.39 is 9.84 Å². The third-order valence-corrected chi connectivity index (χ3v) is 5.04. The Kier molecular flexibility index (Phi) is 7.94. The van der Waals surface area contributed by atoms with Gasteiger partial charge in [-0.15, -0.1) is 0 Å². The van der Waals surface area contributed by atoms with Gasteiger partial charge < -0.3 is 0 Å². The molecule has 0 N–H and O–H groups in total. The third-order valence-electron chi connectivity index (χ3n) is 3.90. The van der Waals surface area contributed by atoms with Gasteiger partial charge in [-0.3, -0.25) is 4.98 Å². The van der Waals surface area contributed by atoms with Gasteiger partial charge in [-0.2, -0.15) is 0 Å². The van der Waals surface area contributed by atoms with Gasteiger partial charge in [0.15, 0.2) is 9.84 Å². The summed E-state index contributed by atoms with van der Waals surface area (Å²) in [5, 5.41) is 0. The lowest BCUT2D eigenvalue weighted by Gasteiger charge is -2.18. The van der Waals surface area contributed by atoms with Gasteiger partial charge in [0.2, 0.25) is 0 Å². The van der Waals surface area contributed by atoms with E-state index in [1.807, 2.05) is 0 Å². The van der Waals surface area contributed by atoms with Gasteiger partial charge in [-0.1, -0.05) is 52.4 Å². The molecule has 0 radical (unpaired) electrons. The highest BCUT2D eigenvalue weighted by molar-refractivity contribution is 7.90. The van der Waals surface area contributed by atoms with Crippen LogP contribution in [0.3, 0.4) is 0 Å². The number of unbranched alkanes of at least 4 members (excludes halogenated alkanes) is 4. The summed E-state index contributed by atoms with van der Waals surface area (Å²) in [7, 11) is -3.20. The maximum Gasteiger partial charge on any atom is 0.177 e. The molecular formula is C17H29NO2S. The fourth-order valence-electron chi connectivity index (χ4n) is 2.72. The Morgan fingerprint density at radius 3 is 2.10 bits per heavy atom. The number of rotatable bonds is 10. The highest BCUT2D eigenvalue weighted by atomic mass is 32.2. The molecule has 0 fully saturated rings. The summed E-state index contributed by atoms with van der Waals surface area (Å²) >= 11 is 0. The van der Waals surface area contributed by atoms with Crippen LogP contribution in [0, 0.1) is 0 Å². The predicted octanol–water partition coefficient (Wildman–Crippen LogP) is 4.73. The van der Waals surface area contributed by atoms with Crippen molar-refractivity contribution in [2.45, 2.75) is 76.0 Å². The lowest BCUT2D eigenvalue weighted by atomic mass is 9.91. The van der Waals surface area contributed by atoms with Crippen LogP contribution < -0.4 is 0 Å². The molecule has 21 heavy (non-hydrogen) atoms. The summed E-state index contributed by atoms with van der Waals surface area (Å²) in [4.78, 5) is 4.84. The Morgan fingerprint density at radius 1 is 1.05 bits per heavy atom. The summed E-state index contributed by atoms with van der Waals surface area (Å²) in [6, 6.07) is 3.42. The standard InChI is InChI=1S/C17H29NO2S/c1-4-6-8-11-15(12-9-7-5-2)17-16(21(3,19)20)13-10-14-18-17/h10,13-15H,4-9,11-12H2,1-3H3. The van der Waals surface area contributed by atoms with Crippen LogP contribution in [0.1, 0.15) is 76.8 Å². The van der Waals surface area contributed by atoms with Gasteiger partial charge in [0.1, 0.15) is 0 Å². The molecule has 0 aliphatic carbocycles. The van der Waals surface area contributed by atoms with Crippen LogP contribution in [0.15, 0.2) is 23.2 Å². The largest absolute Gasteiger partial charge is 0.260 e. The second-order valence-electron chi connectivity index (χ2n) is 5.85. The molecule has 0 unspecified atom stereocenters. The first-order valence-electron chi connectivity index (χ1n) is 8.15. The van der Waals surface area contributed by atoms with E-state index in [2.05, 4.69) is 18.8 Å². The second kappa shape index (κ2) is 9.19. The Hall–Kier alpha value is -0.900. The fourth-order valence-corrected chi connectivity index (χ4v) is 3.65. The zero-order valence-electron chi connectivity index (χ0n) is 13.6. The molecule has 120 valence electrons. The van der Waals surface area contributed by atoms with Crippen LogP contribution in [0.5, 0.6) is 0 Å². The molecule has 0 bridgehead atoms. The van der Waals surface area contributed by atoms with Gasteiger partial charge in [-0.25, -0.2) is 8.42 Å². The van der Waals surface area contributed by atoms with E-state index in [1.165, 1.54) is 31.9 Å². The Morgan fingerprint density at radius 2 is 1.62 bits per heavy atom. The molecule has 3 nitrogen and oxygen atoms in total. The van der Waals surface area contributed by atoms with Crippen molar-refractivity contribution in [1.82, 2.24) is 4.98 Å². The quantitative estimate of drug-likeness (QED) is 0.587. The molecule has 0 spiro atoms. The van der Waals surface area contributed by atoms with Crippen LogP contribution in [0.25, 0.3) is 0 Å². The first-order valence-corrected chi connectivity index (χ1v) is 10.0. The molecule has 0 saturated heterocycles. The van der Waals surface area contributed by atoms with E-state index in [0.29, 0.717) is 4.90 Å². The van der Waals surface area contributed by atoms with Crippen molar-refractivity contribution in [2.75, 3.05) is 6.26 Å². The van der Waals surface area contributed by atoms with Crippen molar-refractivity contribution in [3.8, 4) is 0 Å². The molecule has 1 rings (SSSR count). The highest BCUT2D eigenvalue weighted by Crippen LogP contribution is 2.31. The SMILES string of the molecule is CCCCCC(CCCCC)c1ncccc1S(C)(=O)=O. The summed E-state index contributed by atoms with van der Waals surface area (Å²) in [5.41, 5.74) is 0.784. The van der Waals surface area contributed by atoms with E-state index in [9.17, 15) is 8.42 Å². The van der Waals surface area contributed by atoms with E-state index in [-0.39, 0.29) is 5.92 Å². The van der Waals surface area contributed by atoms with Crippen molar-refractivity contribution in [1.29, 1.82) is 0 Å². The molecule has 4 heteroatoms. The monoisotopic (exact) mass is 311 g/mol. The highest BCUT2D eigenvalue weighted by Gasteiger charge is 2.21. The zero-order valence-corrected chi connectivity index (χ0v) is 14.5. The number of pyridine rings is 1. The van der Waals surface area contributed by atoms with Crippen LogP contribution in [-0.2, 0) is 9.84 Å². The lowest BCUT2D eigenvalue weighted by molar-refractivity contribution is 0.490. The lowest BCUT2D eigenvalue weighted by Crippen LogP contribution is -2.10. The number of aromatic nitrogens is 1. The predicted molar refractivity (Wildman–Crippen MR) is 88.4 cm³/mol. The maximum atomic E-state index is 12.0. The number of hydrogen-bond acceptors (Lipinski definition) is 3. The Bertz CT molecular complexity index is 501. The average Bonchev–Trinajstić information content (AvgIpc) is 2.45. The zero-order chi connectivity index (χ0) is 15.7. The molecular weight excluding hydrogens is 282 g/mol. The minimum Gasteiger partial charge on any atom is -0.260 e. The molecule has 0 aliphatic heterocycles. The van der Waals surface area contributed by atoms with Gasteiger partial charge in [0.05, 0.1) is 10.6 Å². The van der Waals surface area contributed by atoms with E-state index in [4.69, 9.17) is 0 Å². The molecule has 0 atom stereocenters. The summed E-state index contributed by atoms with van der Waals surface area (Å²) in [5.74, 6) is 0.272. The molecule has 0 amide bonds.